The molecule has 0 saturated carbocycles. The van der Waals surface area contributed by atoms with Gasteiger partial charge in [0.2, 0.25) is 0 Å². The molecule has 0 aliphatic heterocycles. The van der Waals surface area contributed by atoms with E-state index in [1.165, 1.54) is 42.1 Å². The summed E-state index contributed by atoms with van der Waals surface area (Å²) in [6, 6.07) is 7.73. The number of aromatic nitrogens is 1. The Morgan fingerprint density at radius 3 is 2.46 bits per heavy atom. The molecule has 1 aromatic heterocycles. The van der Waals surface area contributed by atoms with E-state index in [-0.39, 0.29) is 35.6 Å². The maximum absolute atomic E-state index is 14.3. The van der Waals surface area contributed by atoms with E-state index in [9.17, 15) is 28.3 Å². The number of pyridine rings is 1. The van der Waals surface area contributed by atoms with Crippen LogP contribution in [0.25, 0.3) is 11.1 Å². The summed E-state index contributed by atoms with van der Waals surface area (Å²) < 4.78 is 34.8. The second-order valence-corrected chi connectivity index (χ2v) is 7.83. The molecule has 0 spiro atoms. The highest BCUT2D eigenvalue weighted by Gasteiger charge is 2.22. The first kappa shape index (κ1) is 25.4. The third kappa shape index (κ3) is 5.84. The van der Waals surface area contributed by atoms with E-state index in [0.29, 0.717) is 11.1 Å². The quantitative estimate of drug-likeness (QED) is 0.436. The van der Waals surface area contributed by atoms with E-state index in [4.69, 9.17) is 4.74 Å². The van der Waals surface area contributed by atoms with Crippen LogP contribution in [0.3, 0.4) is 0 Å². The third-order valence-electron chi connectivity index (χ3n) is 5.29. The van der Waals surface area contributed by atoms with E-state index >= 15 is 0 Å². The number of benzene rings is 2. The topological polar surface area (TPSA) is 110 Å². The average molecular weight is 485 g/mol. The van der Waals surface area contributed by atoms with Crippen molar-refractivity contribution in [2.45, 2.75) is 26.3 Å². The van der Waals surface area contributed by atoms with E-state index in [0.717, 1.165) is 12.1 Å². The molecule has 3 rings (SSSR count). The number of anilines is 1. The Kier molecular flexibility index (Phi) is 7.85. The third-order valence-corrected chi connectivity index (χ3v) is 5.29. The van der Waals surface area contributed by atoms with Gasteiger partial charge >= 0.3 is 12.0 Å². The van der Waals surface area contributed by atoms with Gasteiger partial charge in [0.15, 0.2) is 5.69 Å². The Labute approximate surface area is 200 Å². The molecule has 10 heteroatoms. The van der Waals surface area contributed by atoms with Crippen molar-refractivity contribution in [2.75, 3.05) is 11.9 Å². The predicted molar refractivity (Wildman–Crippen MR) is 126 cm³/mol. The van der Waals surface area contributed by atoms with Crippen LogP contribution in [0.5, 0.6) is 5.75 Å². The monoisotopic (exact) mass is 485 g/mol. The van der Waals surface area contributed by atoms with Gasteiger partial charge in [-0.2, -0.15) is 0 Å². The predicted octanol–water partition coefficient (Wildman–Crippen LogP) is 4.16. The molecule has 1 heterocycles. The molecular formula is C25H25F2N3O5. The van der Waals surface area contributed by atoms with E-state index in [2.05, 4.69) is 10.6 Å². The lowest BCUT2D eigenvalue weighted by Crippen LogP contribution is -2.36. The molecular weight excluding hydrogens is 460 g/mol. The van der Waals surface area contributed by atoms with Crippen molar-refractivity contribution in [2.24, 2.45) is 7.05 Å². The first-order valence-electron chi connectivity index (χ1n) is 10.8. The van der Waals surface area contributed by atoms with Gasteiger partial charge in [0.05, 0.1) is 24.6 Å². The molecule has 0 saturated heterocycles. The van der Waals surface area contributed by atoms with Gasteiger partial charge in [-0.3, -0.25) is 9.59 Å². The summed E-state index contributed by atoms with van der Waals surface area (Å²) in [4.78, 5) is 37.4. The van der Waals surface area contributed by atoms with Crippen LogP contribution in [0.1, 0.15) is 30.5 Å². The summed E-state index contributed by atoms with van der Waals surface area (Å²) in [5, 5.41) is 15.1. The van der Waals surface area contributed by atoms with Crippen LogP contribution in [0.2, 0.25) is 0 Å². The van der Waals surface area contributed by atoms with Crippen molar-refractivity contribution < 1.29 is 28.2 Å². The lowest BCUT2D eigenvalue weighted by Gasteiger charge is -2.20. The molecule has 0 bridgehead atoms. The summed E-state index contributed by atoms with van der Waals surface area (Å²) in [5.74, 6) is -2.53. The molecule has 184 valence electrons. The van der Waals surface area contributed by atoms with Gasteiger partial charge in [-0.15, -0.1) is 0 Å². The van der Waals surface area contributed by atoms with Crippen LogP contribution in [0.4, 0.5) is 19.3 Å². The number of rotatable bonds is 7. The molecule has 2 aromatic carbocycles. The maximum Gasteiger partial charge on any atom is 0.319 e. The number of aromatic hydroxyl groups is 1. The highest BCUT2D eigenvalue weighted by Crippen LogP contribution is 2.29. The highest BCUT2D eigenvalue weighted by atomic mass is 19.1. The van der Waals surface area contributed by atoms with Crippen LogP contribution < -0.4 is 16.2 Å². The number of esters is 1. The SMILES string of the molecule is CCOC(=O)C[C@H](NC(=O)Nc1c(O)c(C)cn(C)c1=O)c1cccc(-c2c(F)cccc2F)c1. The zero-order valence-electron chi connectivity index (χ0n) is 19.4. The summed E-state index contributed by atoms with van der Waals surface area (Å²) >= 11 is 0. The number of halogens is 2. The molecule has 0 fully saturated rings. The standard InChI is InChI=1S/C25H25F2N3O5/c1-4-35-20(31)12-19(28-25(34)29-22-23(32)14(2)13-30(3)24(22)33)15-7-5-8-16(11-15)21-17(26)9-6-10-18(21)27/h5-11,13,19,32H,4,12H2,1-3H3,(H2,28,29,34)/t19-/m0/s1. The largest absolute Gasteiger partial charge is 0.505 e. The van der Waals surface area contributed by atoms with Crippen LogP contribution >= 0.6 is 0 Å². The van der Waals surface area contributed by atoms with Crippen molar-refractivity contribution in [1.29, 1.82) is 0 Å². The number of urea groups is 1. The molecule has 35 heavy (non-hydrogen) atoms. The smallest absolute Gasteiger partial charge is 0.319 e. The van der Waals surface area contributed by atoms with Crippen LogP contribution in [-0.2, 0) is 16.6 Å². The maximum atomic E-state index is 14.3. The van der Waals surface area contributed by atoms with E-state index in [1.807, 2.05) is 0 Å². The number of carbonyl (C=O) groups excluding carboxylic acids is 2. The molecule has 0 aliphatic carbocycles. The van der Waals surface area contributed by atoms with Gasteiger partial charge in [-0.1, -0.05) is 24.3 Å². The minimum absolute atomic E-state index is 0.117. The van der Waals surface area contributed by atoms with Crippen molar-refractivity contribution in [3.8, 4) is 16.9 Å². The van der Waals surface area contributed by atoms with Gasteiger partial charge in [0.25, 0.3) is 5.56 Å². The number of nitrogens with zero attached hydrogens (tertiary/aromatic N) is 1. The number of ether oxygens (including phenoxy) is 1. The van der Waals surface area contributed by atoms with E-state index < -0.39 is 35.2 Å². The summed E-state index contributed by atoms with van der Waals surface area (Å²) in [6.07, 6.45) is 1.12. The summed E-state index contributed by atoms with van der Waals surface area (Å²) in [7, 11) is 1.47. The minimum Gasteiger partial charge on any atom is -0.505 e. The van der Waals surface area contributed by atoms with Gasteiger partial charge in [-0.05, 0) is 43.2 Å². The lowest BCUT2D eigenvalue weighted by molar-refractivity contribution is -0.143. The molecule has 8 nitrogen and oxygen atoms in total. The fraction of sp³-hybridized carbons (Fsp3) is 0.240. The minimum atomic E-state index is -0.973. The Balaban J connectivity index is 1.94. The molecule has 0 aliphatic rings. The molecule has 1 atom stereocenters. The molecule has 2 amide bonds. The van der Waals surface area contributed by atoms with E-state index in [1.54, 1.807) is 19.9 Å². The number of hydrogen-bond acceptors (Lipinski definition) is 5. The first-order chi connectivity index (χ1) is 16.6. The zero-order chi connectivity index (χ0) is 25.7. The van der Waals surface area contributed by atoms with Crippen molar-refractivity contribution in [3.05, 3.63) is 81.8 Å². The number of aryl methyl sites for hydroxylation is 2. The Bertz CT molecular complexity index is 1300. The fourth-order valence-corrected chi connectivity index (χ4v) is 3.63. The van der Waals surface area contributed by atoms with Gasteiger partial charge in [-0.25, -0.2) is 13.6 Å². The van der Waals surface area contributed by atoms with Gasteiger partial charge in [0, 0.05) is 18.8 Å². The summed E-state index contributed by atoms with van der Waals surface area (Å²) in [6.45, 7) is 3.31. The number of amides is 2. The first-order valence-corrected chi connectivity index (χ1v) is 10.8. The Morgan fingerprint density at radius 2 is 1.80 bits per heavy atom. The average Bonchev–Trinajstić information content (AvgIpc) is 2.80. The Morgan fingerprint density at radius 1 is 1.14 bits per heavy atom. The second kappa shape index (κ2) is 10.8. The molecule has 3 aromatic rings. The zero-order valence-corrected chi connectivity index (χ0v) is 19.4. The number of nitrogens with one attached hydrogen (secondary N) is 2. The van der Waals surface area contributed by atoms with Crippen LogP contribution in [-0.4, -0.2) is 28.3 Å². The normalized spacial score (nSPS) is 11.6. The fourth-order valence-electron chi connectivity index (χ4n) is 3.63. The number of hydrogen-bond donors (Lipinski definition) is 3. The highest BCUT2D eigenvalue weighted by molar-refractivity contribution is 5.91. The lowest BCUT2D eigenvalue weighted by atomic mass is 9.97. The molecule has 0 unspecified atom stereocenters. The van der Waals surface area contributed by atoms with Crippen molar-refractivity contribution >= 4 is 17.7 Å². The molecule has 0 radical (unpaired) electrons. The van der Waals surface area contributed by atoms with Crippen LogP contribution in [0.15, 0.2) is 53.5 Å². The Hall–Kier alpha value is -4.21. The van der Waals surface area contributed by atoms with Crippen LogP contribution in [0, 0.1) is 18.6 Å². The molecule has 3 N–H and O–H groups in total. The van der Waals surface area contributed by atoms with Gasteiger partial charge in [0.1, 0.15) is 17.4 Å². The van der Waals surface area contributed by atoms with Crippen molar-refractivity contribution in [3.63, 3.8) is 0 Å². The van der Waals surface area contributed by atoms with Gasteiger partial charge < -0.3 is 25.0 Å². The number of carbonyl (C=O) groups is 2. The van der Waals surface area contributed by atoms with Crippen molar-refractivity contribution in [1.82, 2.24) is 9.88 Å². The second-order valence-electron chi connectivity index (χ2n) is 7.83. The summed E-state index contributed by atoms with van der Waals surface area (Å²) in [5.41, 5.74) is -0.273.